The van der Waals surface area contributed by atoms with Crippen LogP contribution in [0.1, 0.15) is 13.3 Å². The van der Waals surface area contributed by atoms with E-state index in [0.29, 0.717) is 0 Å². The van der Waals surface area contributed by atoms with Gasteiger partial charge in [0.15, 0.2) is 0 Å². The van der Waals surface area contributed by atoms with Crippen molar-refractivity contribution in [2.45, 2.75) is 13.3 Å². The molecule has 0 spiro atoms. The fourth-order valence-corrected chi connectivity index (χ4v) is 1.95. The Morgan fingerprint density at radius 3 is 2.57 bits per heavy atom. The van der Waals surface area contributed by atoms with Crippen molar-refractivity contribution < 1.29 is 4.74 Å². The minimum Gasteiger partial charge on any atom is -0.493 e. The van der Waals surface area contributed by atoms with Crippen LogP contribution in [0.3, 0.4) is 0 Å². The lowest BCUT2D eigenvalue weighted by Gasteiger charge is -2.05. The summed E-state index contributed by atoms with van der Waals surface area (Å²) < 4.78 is 6.65. The monoisotopic (exact) mass is 274 g/mol. The number of ether oxygens (including phenoxy) is 1. The first kappa shape index (κ1) is 11.9. The number of halogens is 1. The molecular weight excluding hydrogens is 260 g/mol. The lowest BCUT2D eigenvalue weighted by atomic mass is 10.3. The molecule has 78 valence electrons. The fraction of sp³-hybridized carbons (Fsp3) is 0.455. The van der Waals surface area contributed by atoms with Crippen molar-refractivity contribution in [3.05, 3.63) is 28.7 Å². The van der Waals surface area contributed by atoms with Crippen LogP contribution in [0.5, 0.6) is 5.75 Å². The maximum Gasteiger partial charge on any atom is 0.119 e. The quantitative estimate of drug-likeness (QED) is 0.726. The first-order valence-corrected chi connectivity index (χ1v) is 6.74. The van der Waals surface area contributed by atoms with E-state index in [-0.39, 0.29) is 0 Å². The molecule has 1 aromatic rings. The molecule has 0 bridgehead atoms. The summed E-state index contributed by atoms with van der Waals surface area (Å²) >= 11 is 5.33. The summed E-state index contributed by atoms with van der Waals surface area (Å²) in [6.45, 7) is 2.99. The molecule has 1 rings (SSSR count). The molecule has 1 nitrogen and oxygen atoms in total. The lowest BCUT2D eigenvalue weighted by molar-refractivity contribution is 0.344. The molecule has 0 saturated heterocycles. The minimum atomic E-state index is 0.798. The van der Waals surface area contributed by atoms with Gasteiger partial charge in [-0.05, 0) is 36.4 Å². The lowest BCUT2D eigenvalue weighted by Crippen LogP contribution is -2.00. The molecule has 0 amide bonds. The number of hydrogen-bond acceptors (Lipinski definition) is 2. The molecule has 0 N–H and O–H groups in total. The average Bonchev–Trinajstić information content (AvgIpc) is 2.21. The van der Waals surface area contributed by atoms with Crippen LogP contribution in [-0.2, 0) is 0 Å². The molecule has 0 aliphatic rings. The van der Waals surface area contributed by atoms with Crippen molar-refractivity contribution in [1.82, 2.24) is 0 Å². The van der Waals surface area contributed by atoms with E-state index in [1.807, 2.05) is 36.0 Å². The second-order valence-electron chi connectivity index (χ2n) is 2.91. The number of benzene rings is 1. The minimum absolute atomic E-state index is 0.798. The molecule has 0 atom stereocenters. The number of hydrogen-bond donors (Lipinski definition) is 0. The molecule has 14 heavy (non-hydrogen) atoms. The number of rotatable bonds is 6. The van der Waals surface area contributed by atoms with Gasteiger partial charge < -0.3 is 4.74 Å². The summed E-state index contributed by atoms with van der Waals surface area (Å²) in [6.07, 6.45) is 1.24. The fourth-order valence-electron chi connectivity index (χ4n) is 0.996. The molecule has 0 unspecified atom stereocenters. The van der Waals surface area contributed by atoms with Gasteiger partial charge in [0.05, 0.1) is 6.61 Å². The van der Waals surface area contributed by atoms with Crippen molar-refractivity contribution in [3.63, 3.8) is 0 Å². The van der Waals surface area contributed by atoms with Crippen molar-refractivity contribution in [2.75, 3.05) is 18.1 Å². The summed E-state index contributed by atoms with van der Waals surface area (Å²) in [7, 11) is 0. The molecule has 0 radical (unpaired) electrons. The Bertz CT molecular complexity index is 248. The second-order valence-corrected chi connectivity index (χ2v) is 5.06. The summed E-state index contributed by atoms with van der Waals surface area (Å²) in [6, 6.07) is 7.95. The smallest absolute Gasteiger partial charge is 0.119 e. The van der Waals surface area contributed by atoms with Gasteiger partial charge in [-0.3, -0.25) is 0 Å². The highest BCUT2D eigenvalue weighted by Gasteiger charge is 1.93. The zero-order valence-electron chi connectivity index (χ0n) is 8.33. The van der Waals surface area contributed by atoms with Crippen LogP contribution in [0, 0.1) is 0 Å². The van der Waals surface area contributed by atoms with Crippen LogP contribution < -0.4 is 4.74 Å². The van der Waals surface area contributed by atoms with E-state index >= 15 is 0 Å². The Morgan fingerprint density at radius 1 is 1.21 bits per heavy atom. The van der Waals surface area contributed by atoms with E-state index in [0.717, 1.165) is 22.6 Å². The van der Waals surface area contributed by atoms with Gasteiger partial charge in [-0.2, -0.15) is 11.8 Å². The summed E-state index contributed by atoms with van der Waals surface area (Å²) in [5.41, 5.74) is 0. The van der Waals surface area contributed by atoms with Gasteiger partial charge in [0.25, 0.3) is 0 Å². The third kappa shape index (κ3) is 4.91. The topological polar surface area (TPSA) is 9.23 Å². The number of thioether (sulfide) groups is 1. The summed E-state index contributed by atoms with van der Waals surface area (Å²) in [5.74, 6) is 3.25. The Kier molecular flexibility index (Phi) is 6.12. The first-order chi connectivity index (χ1) is 6.83. The SMILES string of the molecule is CCCSCCOc1ccc(Br)cc1. The Morgan fingerprint density at radius 2 is 1.93 bits per heavy atom. The van der Waals surface area contributed by atoms with Crippen LogP contribution in [0.25, 0.3) is 0 Å². The van der Waals surface area contributed by atoms with Gasteiger partial charge in [-0.15, -0.1) is 0 Å². The third-order valence-corrected chi connectivity index (χ3v) is 3.34. The third-order valence-electron chi connectivity index (χ3n) is 1.66. The van der Waals surface area contributed by atoms with E-state index in [4.69, 9.17) is 4.74 Å². The average molecular weight is 275 g/mol. The van der Waals surface area contributed by atoms with Crippen molar-refractivity contribution >= 4 is 27.7 Å². The standard InChI is InChI=1S/C11H15BrOS/c1-2-8-14-9-7-13-11-5-3-10(12)4-6-11/h3-6H,2,7-9H2,1H3. The predicted molar refractivity (Wildman–Crippen MR) is 67.3 cm³/mol. The van der Waals surface area contributed by atoms with E-state index in [1.54, 1.807) is 0 Å². The van der Waals surface area contributed by atoms with Crippen LogP contribution in [0.4, 0.5) is 0 Å². The highest BCUT2D eigenvalue weighted by atomic mass is 79.9. The van der Waals surface area contributed by atoms with Gasteiger partial charge >= 0.3 is 0 Å². The molecule has 3 heteroatoms. The van der Waals surface area contributed by atoms with Crippen molar-refractivity contribution in [2.24, 2.45) is 0 Å². The van der Waals surface area contributed by atoms with E-state index in [1.165, 1.54) is 12.2 Å². The predicted octanol–water partition coefficient (Wildman–Crippen LogP) is 3.97. The first-order valence-electron chi connectivity index (χ1n) is 4.79. The zero-order chi connectivity index (χ0) is 10.2. The maximum atomic E-state index is 5.57. The van der Waals surface area contributed by atoms with Gasteiger partial charge in [-0.1, -0.05) is 22.9 Å². The molecule has 0 heterocycles. The highest BCUT2D eigenvalue weighted by molar-refractivity contribution is 9.10. The largest absolute Gasteiger partial charge is 0.493 e. The molecule has 0 aliphatic carbocycles. The van der Waals surface area contributed by atoms with E-state index in [2.05, 4.69) is 22.9 Å². The molecule has 0 aromatic heterocycles. The van der Waals surface area contributed by atoms with Crippen LogP contribution >= 0.6 is 27.7 Å². The molecule has 0 aliphatic heterocycles. The van der Waals surface area contributed by atoms with Crippen molar-refractivity contribution in [1.29, 1.82) is 0 Å². The Hall–Kier alpha value is -0.150. The summed E-state index contributed by atoms with van der Waals surface area (Å²) in [5, 5.41) is 0. The van der Waals surface area contributed by atoms with Crippen LogP contribution in [0.2, 0.25) is 0 Å². The Balaban J connectivity index is 2.15. The molecular formula is C11H15BrOS. The second kappa shape index (κ2) is 7.18. The van der Waals surface area contributed by atoms with Gasteiger partial charge in [0.2, 0.25) is 0 Å². The van der Waals surface area contributed by atoms with Crippen molar-refractivity contribution in [3.8, 4) is 5.75 Å². The van der Waals surface area contributed by atoms with Crippen LogP contribution in [-0.4, -0.2) is 18.1 Å². The van der Waals surface area contributed by atoms with Gasteiger partial charge in [0.1, 0.15) is 5.75 Å². The summed E-state index contributed by atoms with van der Waals surface area (Å²) in [4.78, 5) is 0. The molecule has 0 saturated carbocycles. The maximum absolute atomic E-state index is 5.57. The van der Waals surface area contributed by atoms with E-state index < -0.39 is 0 Å². The van der Waals surface area contributed by atoms with Crippen LogP contribution in [0.15, 0.2) is 28.7 Å². The van der Waals surface area contributed by atoms with Gasteiger partial charge in [-0.25, -0.2) is 0 Å². The van der Waals surface area contributed by atoms with Gasteiger partial charge in [0, 0.05) is 10.2 Å². The normalized spacial score (nSPS) is 10.1. The molecule has 0 fully saturated rings. The van der Waals surface area contributed by atoms with E-state index in [9.17, 15) is 0 Å². The Labute approximate surface area is 98.4 Å². The molecule has 1 aromatic carbocycles. The highest BCUT2D eigenvalue weighted by Crippen LogP contribution is 2.16. The zero-order valence-corrected chi connectivity index (χ0v) is 10.7.